The molecular weight excluding hydrogens is 225 g/mol. The second-order valence-electron chi connectivity index (χ2n) is 2.31. The van der Waals surface area contributed by atoms with Gasteiger partial charge < -0.3 is 9.84 Å². The largest absolute Gasteiger partial charge is 0.480 e. The van der Waals surface area contributed by atoms with Gasteiger partial charge in [-0.25, -0.2) is 9.78 Å². The predicted octanol–water partition coefficient (Wildman–Crippen LogP) is 1.98. The van der Waals surface area contributed by atoms with Gasteiger partial charge in [-0.2, -0.15) is 4.39 Å². The smallest absolute Gasteiger partial charge is 0.329 e. The fourth-order valence-electron chi connectivity index (χ4n) is 0.573. The highest BCUT2D eigenvalue weighted by atomic mass is 35.5. The minimum absolute atomic E-state index is 0.184. The topological polar surface area (TPSA) is 59.4 Å². The minimum atomic E-state index is -0.915. The first kappa shape index (κ1) is 13.8. The van der Waals surface area contributed by atoms with Crippen molar-refractivity contribution in [3.05, 3.63) is 29.3 Å². The monoisotopic (exact) mass is 235 g/mol. The van der Waals surface area contributed by atoms with Gasteiger partial charge in [-0.3, -0.25) is 0 Å². The molecule has 4 nitrogen and oxygen atoms in total. The summed E-state index contributed by atoms with van der Waals surface area (Å²) in [5.41, 5.74) is 0. The zero-order valence-electron chi connectivity index (χ0n) is 8.11. The zero-order chi connectivity index (χ0) is 11.7. The average Bonchev–Trinajstić information content (AvgIpc) is 2.15. The van der Waals surface area contributed by atoms with Crippen LogP contribution in [0.4, 0.5) is 4.39 Å². The van der Waals surface area contributed by atoms with Crippen LogP contribution < -0.4 is 0 Å². The Hall–Kier alpha value is -1.20. The first-order chi connectivity index (χ1) is 7.06. The Morgan fingerprint density at radius 1 is 1.67 bits per heavy atom. The van der Waals surface area contributed by atoms with Gasteiger partial charge in [0.25, 0.3) is 0 Å². The molecule has 0 radical (unpaired) electrons. The number of hydrogen-bond donors (Lipinski definition) is 1. The lowest BCUT2D eigenvalue weighted by atomic mass is 10.5. The quantitative estimate of drug-likeness (QED) is 0.814. The number of ether oxygens (including phenoxy) is 1. The summed E-state index contributed by atoms with van der Waals surface area (Å²) in [5.74, 6) is -1.46. The summed E-state index contributed by atoms with van der Waals surface area (Å²) >= 11 is 5.29. The van der Waals surface area contributed by atoms with E-state index in [1.807, 2.05) is 0 Å². The Morgan fingerprint density at radius 3 is 2.60 bits per heavy atom. The average molecular weight is 236 g/mol. The van der Waals surface area contributed by atoms with E-state index in [2.05, 4.69) is 9.72 Å². The van der Waals surface area contributed by atoms with Crippen LogP contribution in [-0.2, 0) is 9.53 Å². The summed E-state index contributed by atoms with van der Waals surface area (Å²) in [4.78, 5) is 12.9. The minimum Gasteiger partial charge on any atom is -0.480 e. The van der Waals surface area contributed by atoms with E-state index >= 15 is 0 Å². The van der Waals surface area contributed by atoms with E-state index in [1.54, 1.807) is 6.92 Å². The van der Waals surface area contributed by atoms with Gasteiger partial charge in [0.2, 0.25) is 5.95 Å². The lowest BCUT2D eigenvalue weighted by molar-refractivity contribution is -0.142. The summed E-state index contributed by atoms with van der Waals surface area (Å²) in [6.45, 7) is 2.03. The fourth-order valence-corrected chi connectivity index (χ4v) is 0.726. The van der Waals surface area contributed by atoms with Gasteiger partial charge in [0, 0.05) is 6.61 Å². The Kier molecular flexibility index (Phi) is 7.49. The second kappa shape index (κ2) is 8.14. The van der Waals surface area contributed by atoms with Crippen molar-refractivity contribution < 1.29 is 19.0 Å². The number of halogens is 2. The molecule has 0 aromatic carbocycles. The zero-order valence-corrected chi connectivity index (χ0v) is 8.87. The third kappa shape index (κ3) is 9.11. The SMILES string of the molecule is CCOCC(=O)O.Fc1cccc(Cl)n1. The summed E-state index contributed by atoms with van der Waals surface area (Å²) in [6, 6.07) is 4.27. The number of hydrogen-bond acceptors (Lipinski definition) is 3. The first-order valence-electron chi connectivity index (χ1n) is 4.13. The van der Waals surface area contributed by atoms with Gasteiger partial charge in [0.1, 0.15) is 11.8 Å². The molecule has 1 aromatic rings. The number of carboxylic acid groups (broad SMARTS) is 1. The van der Waals surface area contributed by atoms with Gasteiger partial charge >= 0.3 is 5.97 Å². The first-order valence-corrected chi connectivity index (χ1v) is 4.51. The summed E-state index contributed by atoms with van der Waals surface area (Å²) < 4.78 is 16.5. The number of carboxylic acids is 1. The van der Waals surface area contributed by atoms with E-state index in [9.17, 15) is 9.18 Å². The lowest BCUT2D eigenvalue weighted by Crippen LogP contribution is -2.05. The van der Waals surface area contributed by atoms with Crippen molar-refractivity contribution in [1.29, 1.82) is 0 Å². The molecule has 15 heavy (non-hydrogen) atoms. The molecule has 1 rings (SSSR count). The highest BCUT2D eigenvalue weighted by Crippen LogP contribution is 2.02. The van der Waals surface area contributed by atoms with Crippen molar-refractivity contribution in [2.24, 2.45) is 0 Å². The number of pyridine rings is 1. The van der Waals surface area contributed by atoms with Gasteiger partial charge in [-0.05, 0) is 19.1 Å². The molecule has 0 aliphatic heterocycles. The number of nitrogens with zero attached hydrogens (tertiary/aromatic N) is 1. The van der Waals surface area contributed by atoms with Gasteiger partial charge in [-0.1, -0.05) is 17.7 Å². The van der Waals surface area contributed by atoms with Crippen molar-refractivity contribution in [2.75, 3.05) is 13.2 Å². The van der Waals surface area contributed by atoms with Crippen molar-refractivity contribution in [1.82, 2.24) is 4.98 Å². The van der Waals surface area contributed by atoms with Crippen LogP contribution in [0.2, 0.25) is 5.15 Å². The van der Waals surface area contributed by atoms with E-state index in [0.717, 1.165) is 0 Å². The summed E-state index contributed by atoms with van der Waals surface area (Å²) in [5, 5.41) is 8.10. The Bertz CT molecular complexity index is 292. The maximum atomic E-state index is 12.0. The summed E-state index contributed by atoms with van der Waals surface area (Å²) in [7, 11) is 0. The number of aliphatic carboxylic acids is 1. The van der Waals surface area contributed by atoms with Gasteiger partial charge in [-0.15, -0.1) is 0 Å². The molecule has 0 bridgehead atoms. The van der Waals surface area contributed by atoms with Crippen LogP contribution >= 0.6 is 11.6 Å². The molecular formula is C9H11ClFNO3. The van der Waals surface area contributed by atoms with Crippen LogP contribution in [-0.4, -0.2) is 29.3 Å². The molecule has 84 valence electrons. The van der Waals surface area contributed by atoms with Gasteiger partial charge in [0.15, 0.2) is 0 Å². The molecule has 0 aliphatic carbocycles. The second-order valence-corrected chi connectivity index (χ2v) is 2.70. The lowest BCUT2D eigenvalue weighted by Gasteiger charge is -1.90. The molecule has 0 saturated carbocycles. The van der Waals surface area contributed by atoms with Crippen molar-refractivity contribution >= 4 is 17.6 Å². The van der Waals surface area contributed by atoms with Crippen LogP contribution in [0.15, 0.2) is 18.2 Å². The van der Waals surface area contributed by atoms with E-state index < -0.39 is 11.9 Å². The number of aromatic nitrogens is 1. The van der Waals surface area contributed by atoms with Crippen molar-refractivity contribution in [2.45, 2.75) is 6.92 Å². The number of carbonyl (C=O) groups is 1. The standard InChI is InChI=1S/C5H3ClFN.C4H8O3/c6-4-2-1-3-5(7)8-4;1-2-7-3-4(5)6/h1-3H;2-3H2,1H3,(H,5,6). The molecule has 6 heteroatoms. The number of rotatable bonds is 3. The predicted molar refractivity (Wildman–Crippen MR) is 53.3 cm³/mol. The maximum Gasteiger partial charge on any atom is 0.329 e. The van der Waals surface area contributed by atoms with Crippen LogP contribution in [0.25, 0.3) is 0 Å². The molecule has 0 fully saturated rings. The Labute approximate surface area is 91.7 Å². The molecule has 0 atom stereocenters. The van der Waals surface area contributed by atoms with Crippen LogP contribution in [0, 0.1) is 5.95 Å². The van der Waals surface area contributed by atoms with E-state index in [4.69, 9.17) is 16.7 Å². The van der Waals surface area contributed by atoms with E-state index in [-0.39, 0.29) is 11.8 Å². The fraction of sp³-hybridized carbons (Fsp3) is 0.333. The van der Waals surface area contributed by atoms with Crippen LogP contribution in [0.5, 0.6) is 0 Å². The van der Waals surface area contributed by atoms with Gasteiger partial charge in [0.05, 0.1) is 0 Å². The Morgan fingerprint density at radius 2 is 2.33 bits per heavy atom. The molecule has 0 spiro atoms. The highest BCUT2D eigenvalue weighted by Gasteiger charge is 1.90. The molecule has 1 aromatic heterocycles. The third-order valence-electron chi connectivity index (χ3n) is 1.11. The van der Waals surface area contributed by atoms with E-state index in [0.29, 0.717) is 6.61 Å². The molecule has 0 aliphatic rings. The van der Waals surface area contributed by atoms with E-state index in [1.165, 1.54) is 18.2 Å². The summed E-state index contributed by atoms with van der Waals surface area (Å²) in [6.07, 6.45) is 0. The molecule has 1 N–H and O–H groups in total. The highest BCUT2D eigenvalue weighted by molar-refractivity contribution is 6.29. The molecule has 1 heterocycles. The van der Waals surface area contributed by atoms with Crippen LogP contribution in [0.3, 0.4) is 0 Å². The Balaban J connectivity index is 0.000000265. The molecule has 0 amide bonds. The maximum absolute atomic E-state index is 12.0. The third-order valence-corrected chi connectivity index (χ3v) is 1.32. The molecule has 0 unspecified atom stereocenters. The molecule has 0 saturated heterocycles. The van der Waals surface area contributed by atoms with Crippen molar-refractivity contribution in [3.63, 3.8) is 0 Å². The van der Waals surface area contributed by atoms with Crippen molar-refractivity contribution in [3.8, 4) is 0 Å². The normalized spacial score (nSPS) is 9.00. The van der Waals surface area contributed by atoms with Crippen LogP contribution in [0.1, 0.15) is 6.92 Å².